The van der Waals surface area contributed by atoms with Gasteiger partial charge in [-0.05, 0) is 55.9 Å². The number of aryl methyl sites for hydroxylation is 3. The highest BCUT2D eigenvalue weighted by Gasteiger charge is 2.09. The summed E-state index contributed by atoms with van der Waals surface area (Å²) >= 11 is 5.15. The van der Waals surface area contributed by atoms with Crippen molar-refractivity contribution in [2.24, 2.45) is 7.05 Å². The van der Waals surface area contributed by atoms with Crippen LogP contribution in [0.2, 0.25) is 0 Å². The molecule has 1 heterocycles. The van der Waals surface area contributed by atoms with Gasteiger partial charge in [0.2, 0.25) is 0 Å². The van der Waals surface area contributed by atoms with Gasteiger partial charge in [-0.2, -0.15) is 5.10 Å². The zero-order chi connectivity index (χ0) is 14.9. The molecule has 106 valence electrons. The third-order valence-corrected chi connectivity index (χ3v) is 3.60. The highest BCUT2D eigenvalue weighted by molar-refractivity contribution is 7.80. The summed E-state index contributed by atoms with van der Waals surface area (Å²) in [5.41, 5.74) is 4.21. The maximum absolute atomic E-state index is 5.66. The maximum Gasteiger partial charge on any atom is 0.264 e. The van der Waals surface area contributed by atoms with Crippen molar-refractivity contribution >= 4 is 17.4 Å². The lowest BCUT2D eigenvalue weighted by molar-refractivity contribution is 0.447. The molecule has 0 radical (unpaired) electrons. The predicted molar refractivity (Wildman–Crippen MR) is 85.0 cm³/mol. The standard InChI is InChI=1S/C15H19N3OS/c1-10-8-12(13-9-11(2)18(5)16-13)6-7-14(10)19-15(20)17(3)4/h6-9H,1-5H3. The molecule has 0 bridgehead atoms. The van der Waals surface area contributed by atoms with Gasteiger partial charge >= 0.3 is 0 Å². The summed E-state index contributed by atoms with van der Waals surface area (Å²) in [5, 5.41) is 4.94. The maximum atomic E-state index is 5.66. The Morgan fingerprint density at radius 2 is 1.95 bits per heavy atom. The molecule has 2 aromatic rings. The van der Waals surface area contributed by atoms with E-state index in [0.717, 1.165) is 28.3 Å². The summed E-state index contributed by atoms with van der Waals surface area (Å²) in [5.74, 6) is 0.778. The summed E-state index contributed by atoms with van der Waals surface area (Å²) in [6.07, 6.45) is 0. The van der Waals surface area contributed by atoms with Crippen LogP contribution in [0.3, 0.4) is 0 Å². The van der Waals surface area contributed by atoms with E-state index >= 15 is 0 Å². The van der Waals surface area contributed by atoms with E-state index < -0.39 is 0 Å². The Labute approximate surface area is 125 Å². The van der Waals surface area contributed by atoms with Crippen LogP contribution in [0.4, 0.5) is 0 Å². The fourth-order valence-electron chi connectivity index (χ4n) is 1.81. The summed E-state index contributed by atoms with van der Waals surface area (Å²) in [6, 6.07) is 8.07. The van der Waals surface area contributed by atoms with Gasteiger partial charge in [0.05, 0.1) is 5.69 Å². The van der Waals surface area contributed by atoms with Crippen LogP contribution in [-0.4, -0.2) is 34.0 Å². The second-order valence-electron chi connectivity index (χ2n) is 5.04. The highest BCUT2D eigenvalue weighted by atomic mass is 32.1. The van der Waals surface area contributed by atoms with E-state index in [1.54, 1.807) is 4.90 Å². The average Bonchev–Trinajstić information content (AvgIpc) is 2.72. The Hall–Kier alpha value is -1.88. The van der Waals surface area contributed by atoms with Crippen molar-refractivity contribution in [1.29, 1.82) is 0 Å². The zero-order valence-electron chi connectivity index (χ0n) is 12.5. The summed E-state index contributed by atoms with van der Waals surface area (Å²) in [7, 11) is 5.67. The van der Waals surface area contributed by atoms with Crippen LogP contribution in [0.25, 0.3) is 11.3 Å². The SMILES string of the molecule is Cc1cc(-c2cc(C)n(C)n2)ccc1OC(=S)N(C)C. The number of hydrogen-bond acceptors (Lipinski definition) is 3. The summed E-state index contributed by atoms with van der Waals surface area (Å²) in [4.78, 5) is 1.77. The van der Waals surface area contributed by atoms with Crippen LogP contribution in [0.5, 0.6) is 5.75 Å². The van der Waals surface area contributed by atoms with Crippen molar-refractivity contribution in [2.75, 3.05) is 14.1 Å². The Kier molecular flexibility index (Phi) is 4.09. The Balaban J connectivity index is 2.28. The van der Waals surface area contributed by atoms with Crippen molar-refractivity contribution in [1.82, 2.24) is 14.7 Å². The molecule has 0 spiro atoms. The topological polar surface area (TPSA) is 30.3 Å². The number of hydrogen-bond donors (Lipinski definition) is 0. The minimum atomic E-state index is 0.453. The predicted octanol–water partition coefficient (Wildman–Crippen LogP) is 2.93. The van der Waals surface area contributed by atoms with Gasteiger partial charge < -0.3 is 9.64 Å². The van der Waals surface area contributed by atoms with Gasteiger partial charge in [0, 0.05) is 32.4 Å². The van der Waals surface area contributed by atoms with Gasteiger partial charge in [-0.3, -0.25) is 4.68 Å². The van der Waals surface area contributed by atoms with Crippen molar-refractivity contribution < 1.29 is 4.74 Å². The molecule has 0 saturated carbocycles. The lowest BCUT2D eigenvalue weighted by Crippen LogP contribution is -2.25. The Morgan fingerprint density at radius 1 is 1.25 bits per heavy atom. The molecule has 0 saturated heterocycles. The normalized spacial score (nSPS) is 10.4. The average molecular weight is 289 g/mol. The molecular weight excluding hydrogens is 270 g/mol. The number of nitrogens with zero attached hydrogens (tertiary/aromatic N) is 3. The van der Waals surface area contributed by atoms with Crippen LogP contribution in [0.1, 0.15) is 11.3 Å². The van der Waals surface area contributed by atoms with E-state index in [9.17, 15) is 0 Å². The molecule has 0 aliphatic heterocycles. The number of aromatic nitrogens is 2. The molecule has 0 atom stereocenters. The third kappa shape index (κ3) is 2.99. The molecule has 20 heavy (non-hydrogen) atoms. The van der Waals surface area contributed by atoms with Crippen LogP contribution >= 0.6 is 12.2 Å². The monoisotopic (exact) mass is 289 g/mol. The largest absolute Gasteiger partial charge is 0.432 e. The van der Waals surface area contributed by atoms with E-state index in [1.165, 1.54) is 0 Å². The molecular formula is C15H19N3OS. The van der Waals surface area contributed by atoms with E-state index in [-0.39, 0.29) is 0 Å². The molecule has 5 heteroatoms. The minimum Gasteiger partial charge on any atom is -0.432 e. The molecule has 1 aromatic heterocycles. The second-order valence-corrected chi connectivity index (χ2v) is 5.39. The number of benzene rings is 1. The van der Waals surface area contributed by atoms with Gasteiger partial charge in [0.15, 0.2) is 0 Å². The summed E-state index contributed by atoms with van der Waals surface area (Å²) < 4.78 is 7.53. The highest BCUT2D eigenvalue weighted by Crippen LogP contribution is 2.26. The van der Waals surface area contributed by atoms with Gasteiger partial charge in [-0.1, -0.05) is 0 Å². The fourth-order valence-corrected chi connectivity index (χ4v) is 1.90. The smallest absolute Gasteiger partial charge is 0.264 e. The Morgan fingerprint density at radius 3 is 2.45 bits per heavy atom. The van der Waals surface area contributed by atoms with Crippen molar-refractivity contribution in [2.45, 2.75) is 13.8 Å². The van der Waals surface area contributed by atoms with Crippen LogP contribution in [0, 0.1) is 13.8 Å². The second kappa shape index (κ2) is 5.63. The van der Waals surface area contributed by atoms with Gasteiger partial charge in [0.25, 0.3) is 5.17 Å². The van der Waals surface area contributed by atoms with Gasteiger partial charge in [-0.25, -0.2) is 0 Å². The van der Waals surface area contributed by atoms with E-state index in [1.807, 2.05) is 51.8 Å². The molecule has 4 nitrogen and oxygen atoms in total. The lowest BCUT2D eigenvalue weighted by atomic mass is 10.1. The first kappa shape index (κ1) is 14.5. The molecule has 0 aliphatic carbocycles. The number of rotatable bonds is 2. The van der Waals surface area contributed by atoms with Gasteiger partial charge in [0.1, 0.15) is 5.75 Å². The van der Waals surface area contributed by atoms with Crippen molar-refractivity contribution in [3.8, 4) is 17.0 Å². The molecule has 2 rings (SSSR count). The molecule has 1 aromatic carbocycles. The molecule has 0 fully saturated rings. The van der Waals surface area contributed by atoms with E-state index in [2.05, 4.69) is 17.2 Å². The first-order valence-corrected chi connectivity index (χ1v) is 6.80. The molecule has 0 unspecified atom stereocenters. The Bertz CT molecular complexity index is 627. The van der Waals surface area contributed by atoms with Crippen molar-refractivity contribution in [3.63, 3.8) is 0 Å². The first-order chi connectivity index (χ1) is 9.38. The van der Waals surface area contributed by atoms with Crippen LogP contribution in [0.15, 0.2) is 24.3 Å². The van der Waals surface area contributed by atoms with E-state index in [0.29, 0.717) is 5.17 Å². The summed E-state index contributed by atoms with van der Waals surface area (Å²) in [6.45, 7) is 4.04. The molecule has 0 N–H and O–H groups in total. The third-order valence-electron chi connectivity index (χ3n) is 3.15. The van der Waals surface area contributed by atoms with Gasteiger partial charge in [-0.15, -0.1) is 0 Å². The van der Waals surface area contributed by atoms with E-state index in [4.69, 9.17) is 17.0 Å². The molecule has 0 aliphatic rings. The lowest BCUT2D eigenvalue weighted by Gasteiger charge is -2.15. The quantitative estimate of drug-likeness (QED) is 0.795. The fraction of sp³-hybridized carbons (Fsp3) is 0.333. The van der Waals surface area contributed by atoms with Crippen molar-refractivity contribution in [3.05, 3.63) is 35.5 Å². The molecule has 0 amide bonds. The minimum absolute atomic E-state index is 0.453. The van der Waals surface area contributed by atoms with Crippen LogP contribution in [-0.2, 0) is 7.05 Å². The first-order valence-electron chi connectivity index (χ1n) is 6.39. The van der Waals surface area contributed by atoms with Crippen LogP contribution < -0.4 is 4.74 Å². The number of ether oxygens (including phenoxy) is 1. The number of thiocarbonyl (C=S) groups is 1. The zero-order valence-corrected chi connectivity index (χ0v) is 13.3.